The van der Waals surface area contributed by atoms with Crippen molar-refractivity contribution in [3.63, 3.8) is 0 Å². The number of tetrazole rings is 1. The van der Waals surface area contributed by atoms with Crippen molar-refractivity contribution in [3.8, 4) is 11.4 Å². The lowest BCUT2D eigenvalue weighted by Crippen LogP contribution is -2.45. The molecule has 0 spiro atoms. The van der Waals surface area contributed by atoms with Gasteiger partial charge in [0.2, 0.25) is 5.95 Å². The van der Waals surface area contributed by atoms with E-state index >= 15 is 0 Å². The van der Waals surface area contributed by atoms with E-state index in [4.69, 9.17) is 4.74 Å². The van der Waals surface area contributed by atoms with E-state index < -0.39 is 0 Å². The lowest BCUT2D eigenvalue weighted by atomic mass is 9.92. The monoisotopic (exact) mass is 435 g/mol. The van der Waals surface area contributed by atoms with Gasteiger partial charge in [-0.2, -0.15) is 4.68 Å². The standard InChI is InChI=1S/C24H33N7O/c1-4-30(5-2)24-27-28-29-31(24)20-13-14-22(32-3)19(16-20)17-26-21-12-9-15-25-23(21)18-10-7-6-8-11-18/h6-8,10-11,13-14,16,21,23,25-26H,4-5,9,12,15,17H2,1-3H3/t21-,23-/m0/s1. The second-order valence-corrected chi connectivity index (χ2v) is 8.03. The summed E-state index contributed by atoms with van der Waals surface area (Å²) in [5, 5.41) is 19.9. The van der Waals surface area contributed by atoms with Crippen LogP contribution in [0.4, 0.5) is 5.95 Å². The minimum atomic E-state index is 0.299. The Labute approximate surface area is 190 Å². The molecule has 1 aromatic heterocycles. The molecular formula is C24H33N7O. The first-order valence-corrected chi connectivity index (χ1v) is 11.5. The first-order valence-electron chi connectivity index (χ1n) is 11.5. The highest BCUT2D eigenvalue weighted by Crippen LogP contribution is 2.27. The zero-order chi connectivity index (χ0) is 22.3. The average Bonchev–Trinajstić information content (AvgIpc) is 3.34. The van der Waals surface area contributed by atoms with E-state index in [1.165, 1.54) is 5.56 Å². The smallest absolute Gasteiger partial charge is 0.250 e. The van der Waals surface area contributed by atoms with Gasteiger partial charge in [-0.25, -0.2) is 0 Å². The summed E-state index contributed by atoms with van der Waals surface area (Å²) in [4.78, 5) is 2.14. The predicted octanol–water partition coefficient (Wildman–Crippen LogP) is 3.10. The minimum Gasteiger partial charge on any atom is -0.496 e. The molecule has 3 aromatic rings. The number of piperidine rings is 1. The average molecular weight is 436 g/mol. The maximum absolute atomic E-state index is 5.66. The summed E-state index contributed by atoms with van der Waals surface area (Å²) in [5.41, 5.74) is 3.34. The molecule has 1 aliphatic rings. The molecule has 1 saturated heterocycles. The lowest BCUT2D eigenvalue weighted by molar-refractivity contribution is 0.303. The fourth-order valence-corrected chi connectivity index (χ4v) is 4.45. The highest BCUT2D eigenvalue weighted by molar-refractivity contribution is 5.47. The van der Waals surface area contributed by atoms with Crippen LogP contribution in [0.1, 0.15) is 43.9 Å². The molecule has 2 N–H and O–H groups in total. The summed E-state index contributed by atoms with van der Waals surface area (Å²) in [6.07, 6.45) is 2.30. The first kappa shape index (κ1) is 22.2. The molecule has 2 heterocycles. The number of rotatable bonds is 9. The topological polar surface area (TPSA) is 80.1 Å². The van der Waals surface area contributed by atoms with E-state index in [2.05, 4.69) is 81.3 Å². The molecule has 0 bridgehead atoms. The Kier molecular flexibility index (Phi) is 7.34. The molecule has 8 heteroatoms. The largest absolute Gasteiger partial charge is 0.496 e. The van der Waals surface area contributed by atoms with Gasteiger partial charge in [-0.1, -0.05) is 35.4 Å². The maximum Gasteiger partial charge on any atom is 0.250 e. The third kappa shape index (κ3) is 4.76. The van der Waals surface area contributed by atoms with Gasteiger partial charge in [0.25, 0.3) is 0 Å². The Morgan fingerprint density at radius 1 is 1.16 bits per heavy atom. The van der Waals surface area contributed by atoms with Crippen molar-refractivity contribution in [1.29, 1.82) is 0 Å². The molecule has 8 nitrogen and oxygen atoms in total. The molecule has 1 fully saturated rings. The van der Waals surface area contributed by atoms with E-state index in [1.54, 1.807) is 11.8 Å². The van der Waals surface area contributed by atoms with Gasteiger partial charge in [0.15, 0.2) is 0 Å². The van der Waals surface area contributed by atoms with Crippen LogP contribution in [-0.4, -0.2) is 53.0 Å². The molecular weight excluding hydrogens is 402 g/mol. The summed E-state index contributed by atoms with van der Waals surface area (Å²) >= 11 is 0. The lowest BCUT2D eigenvalue weighted by Gasteiger charge is -2.34. The Morgan fingerprint density at radius 3 is 2.72 bits per heavy atom. The van der Waals surface area contributed by atoms with Gasteiger partial charge in [0.1, 0.15) is 5.75 Å². The van der Waals surface area contributed by atoms with Crippen LogP contribution >= 0.6 is 0 Å². The number of nitrogens with one attached hydrogen (secondary N) is 2. The highest BCUT2D eigenvalue weighted by Gasteiger charge is 2.26. The summed E-state index contributed by atoms with van der Waals surface area (Å²) in [6, 6.07) is 17.4. The van der Waals surface area contributed by atoms with E-state index in [0.29, 0.717) is 18.6 Å². The summed E-state index contributed by atoms with van der Waals surface area (Å²) < 4.78 is 7.46. The Morgan fingerprint density at radius 2 is 1.97 bits per heavy atom. The van der Waals surface area contributed by atoms with Crippen molar-refractivity contribution in [2.45, 2.75) is 45.3 Å². The van der Waals surface area contributed by atoms with Crippen molar-refractivity contribution in [1.82, 2.24) is 30.8 Å². The van der Waals surface area contributed by atoms with Crippen LogP contribution in [0, 0.1) is 0 Å². The number of hydrogen-bond acceptors (Lipinski definition) is 7. The fourth-order valence-electron chi connectivity index (χ4n) is 4.45. The SMILES string of the molecule is CCN(CC)c1nnnn1-c1ccc(OC)c(CN[C@H]2CCCN[C@H]2c2ccccc2)c1. The molecule has 2 aromatic carbocycles. The minimum absolute atomic E-state index is 0.299. The molecule has 4 rings (SSSR count). The van der Waals surface area contributed by atoms with Crippen LogP contribution in [-0.2, 0) is 6.54 Å². The zero-order valence-corrected chi connectivity index (χ0v) is 19.2. The second kappa shape index (κ2) is 10.6. The van der Waals surface area contributed by atoms with Crippen LogP contribution in [0.2, 0.25) is 0 Å². The Balaban J connectivity index is 1.56. The van der Waals surface area contributed by atoms with Crippen molar-refractivity contribution in [3.05, 3.63) is 59.7 Å². The molecule has 0 amide bonds. The van der Waals surface area contributed by atoms with Crippen LogP contribution < -0.4 is 20.3 Å². The van der Waals surface area contributed by atoms with Gasteiger partial charge in [-0.05, 0) is 67.4 Å². The number of benzene rings is 2. The van der Waals surface area contributed by atoms with E-state index in [-0.39, 0.29) is 0 Å². The molecule has 0 radical (unpaired) electrons. The third-order valence-corrected chi connectivity index (χ3v) is 6.18. The third-order valence-electron chi connectivity index (χ3n) is 6.18. The van der Waals surface area contributed by atoms with E-state index in [1.807, 2.05) is 12.1 Å². The predicted molar refractivity (Wildman–Crippen MR) is 126 cm³/mol. The number of anilines is 1. The highest BCUT2D eigenvalue weighted by atomic mass is 16.5. The van der Waals surface area contributed by atoms with E-state index in [0.717, 1.165) is 55.4 Å². The van der Waals surface area contributed by atoms with Crippen molar-refractivity contribution in [2.24, 2.45) is 0 Å². The molecule has 0 saturated carbocycles. The fraction of sp³-hybridized carbons (Fsp3) is 0.458. The van der Waals surface area contributed by atoms with Gasteiger partial charge in [-0.3, -0.25) is 0 Å². The number of methoxy groups -OCH3 is 1. The van der Waals surface area contributed by atoms with Crippen LogP contribution in [0.25, 0.3) is 5.69 Å². The first-order chi connectivity index (χ1) is 15.7. The molecule has 0 unspecified atom stereocenters. The number of nitrogens with zero attached hydrogens (tertiary/aromatic N) is 5. The van der Waals surface area contributed by atoms with Gasteiger partial charge in [0.05, 0.1) is 12.8 Å². The van der Waals surface area contributed by atoms with Gasteiger partial charge < -0.3 is 20.3 Å². The quantitative estimate of drug-likeness (QED) is 0.535. The Bertz CT molecular complexity index is 987. The van der Waals surface area contributed by atoms with Crippen LogP contribution in [0.5, 0.6) is 5.75 Å². The number of hydrogen-bond donors (Lipinski definition) is 2. The number of ether oxygens (including phenoxy) is 1. The maximum atomic E-state index is 5.66. The number of aromatic nitrogens is 4. The van der Waals surface area contributed by atoms with Crippen molar-refractivity contribution >= 4 is 5.95 Å². The summed E-state index contributed by atoms with van der Waals surface area (Å²) in [5.74, 6) is 1.61. The van der Waals surface area contributed by atoms with Crippen LogP contribution in [0.3, 0.4) is 0 Å². The molecule has 1 aliphatic heterocycles. The van der Waals surface area contributed by atoms with Crippen LogP contribution in [0.15, 0.2) is 48.5 Å². The zero-order valence-electron chi connectivity index (χ0n) is 19.2. The van der Waals surface area contributed by atoms with Gasteiger partial charge in [-0.15, -0.1) is 0 Å². The van der Waals surface area contributed by atoms with Gasteiger partial charge >= 0.3 is 0 Å². The molecule has 32 heavy (non-hydrogen) atoms. The van der Waals surface area contributed by atoms with Crippen molar-refractivity contribution in [2.75, 3.05) is 31.6 Å². The Hall–Kier alpha value is -2.97. The molecule has 2 atom stereocenters. The molecule has 170 valence electrons. The molecule has 0 aliphatic carbocycles. The van der Waals surface area contributed by atoms with Crippen molar-refractivity contribution < 1.29 is 4.74 Å². The van der Waals surface area contributed by atoms with E-state index in [9.17, 15) is 0 Å². The van der Waals surface area contributed by atoms with Gasteiger partial charge in [0, 0.05) is 37.3 Å². The normalized spacial score (nSPS) is 18.5. The summed E-state index contributed by atoms with van der Waals surface area (Å²) in [7, 11) is 1.71. The second-order valence-electron chi connectivity index (χ2n) is 8.03. The summed E-state index contributed by atoms with van der Waals surface area (Å²) in [6.45, 7) is 7.65.